The molecular formula is C25H26N8O. The fourth-order valence-electron chi connectivity index (χ4n) is 4.81. The van der Waals surface area contributed by atoms with Crippen molar-refractivity contribution in [3.63, 3.8) is 0 Å². The summed E-state index contributed by atoms with van der Waals surface area (Å²) >= 11 is 0. The Hall–Kier alpha value is -3.85. The summed E-state index contributed by atoms with van der Waals surface area (Å²) in [4.78, 5) is 24.2. The third kappa shape index (κ3) is 3.88. The molecule has 9 heteroatoms. The molecule has 3 aromatic heterocycles. The summed E-state index contributed by atoms with van der Waals surface area (Å²) in [6.45, 7) is 4.19. The summed E-state index contributed by atoms with van der Waals surface area (Å²) in [5, 5.41) is 16.5. The maximum absolute atomic E-state index is 13.0. The number of hydrogen-bond donors (Lipinski definition) is 2. The first-order valence-electron chi connectivity index (χ1n) is 11.6. The lowest BCUT2D eigenvalue weighted by Crippen LogP contribution is -2.58. The predicted molar refractivity (Wildman–Crippen MR) is 131 cm³/mol. The second-order valence-electron chi connectivity index (χ2n) is 9.36. The molecule has 2 saturated heterocycles. The van der Waals surface area contributed by atoms with Crippen LogP contribution in [0.5, 0.6) is 0 Å². The van der Waals surface area contributed by atoms with Crippen LogP contribution in [0.25, 0.3) is 22.0 Å². The molecule has 0 aliphatic carbocycles. The van der Waals surface area contributed by atoms with Gasteiger partial charge in [0.1, 0.15) is 17.3 Å². The van der Waals surface area contributed by atoms with Gasteiger partial charge in [0.25, 0.3) is 5.91 Å². The predicted octanol–water partition coefficient (Wildman–Crippen LogP) is 2.87. The third-order valence-electron chi connectivity index (χ3n) is 7.02. The number of aryl methyl sites for hydroxylation is 1. The number of rotatable bonds is 4. The third-order valence-corrected chi connectivity index (χ3v) is 7.02. The highest BCUT2D eigenvalue weighted by molar-refractivity contribution is 6.05. The van der Waals surface area contributed by atoms with E-state index in [1.54, 1.807) is 23.1 Å². The standard InChI is InChI=1S/C25H26N8O/c1-32-14-21(30-31-32)17-2-3-19-13-28-22(11-20(19)10-17)29-24(34)18-4-7-27-23(12-18)33-8-5-25(6-9-33)15-26-16-25/h2-4,7,10-14,26H,5-6,8-9,15-16H2,1H3,(H,28,29,34). The molecule has 34 heavy (non-hydrogen) atoms. The van der Waals surface area contributed by atoms with Crippen molar-refractivity contribution in [1.29, 1.82) is 0 Å². The number of carbonyl (C=O) groups is 1. The maximum atomic E-state index is 13.0. The number of carbonyl (C=O) groups excluding carboxylic acids is 1. The number of amides is 1. The zero-order valence-corrected chi connectivity index (χ0v) is 19.0. The average molecular weight is 455 g/mol. The lowest BCUT2D eigenvalue weighted by molar-refractivity contribution is 0.102. The molecule has 0 unspecified atom stereocenters. The van der Waals surface area contributed by atoms with Gasteiger partial charge in [0, 0.05) is 62.1 Å². The molecule has 2 N–H and O–H groups in total. The van der Waals surface area contributed by atoms with Gasteiger partial charge in [-0.25, -0.2) is 9.97 Å². The first kappa shape index (κ1) is 20.7. The topological polar surface area (TPSA) is 101 Å². The van der Waals surface area contributed by atoms with Crippen molar-refractivity contribution < 1.29 is 4.79 Å². The highest BCUT2D eigenvalue weighted by atomic mass is 16.1. The van der Waals surface area contributed by atoms with E-state index in [2.05, 4.69) is 35.8 Å². The van der Waals surface area contributed by atoms with Gasteiger partial charge in [-0.1, -0.05) is 17.3 Å². The van der Waals surface area contributed by atoms with Gasteiger partial charge < -0.3 is 15.5 Å². The Bertz CT molecular complexity index is 1370. The largest absolute Gasteiger partial charge is 0.357 e. The molecule has 0 saturated carbocycles. The van der Waals surface area contributed by atoms with Crippen LogP contribution >= 0.6 is 0 Å². The SMILES string of the molecule is Cn1cc(-c2ccc3cnc(NC(=O)c4ccnc(N5CCC6(CC5)CNC6)c4)cc3c2)nn1. The summed E-state index contributed by atoms with van der Waals surface area (Å²) in [7, 11) is 1.84. The normalized spacial score (nSPS) is 17.0. The van der Waals surface area contributed by atoms with Crippen molar-refractivity contribution in [3.05, 3.63) is 60.6 Å². The van der Waals surface area contributed by atoms with Crippen LogP contribution in [0.2, 0.25) is 0 Å². The molecule has 1 spiro atoms. The Morgan fingerprint density at radius 2 is 1.91 bits per heavy atom. The number of anilines is 2. The lowest BCUT2D eigenvalue weighted by atomic mass is 9.73. The Balaban J connectivity index is 1.19. The Morgan fingerprint density at radius 1 is 1.06 bits per heavy atom. The molecule has 0 bridgehead atoms. The highest BCUT2D eigenvalue weighted by Crippen LogP contribution is 2.36. The van der Waals surface area contributed by atoms with Crippen LogP contribution in [0, 0.1) is 5.41 Å². The Kier molecular flexibility index (Phi) is 4.99. The van der Waals surface area contributed by atoms with Crippen LogP contribution in [-0.4, -0.2) is 57.0 Å². The van der Waals surface area contributed by atoms with Gasteiger partial charge in [0.15, 0.2) is 0 Å². The van der Waals surface area contributed by atoms with Gasteiger partial charge in [-0.2, -0.15) is 0 Å². The monoisotopic (exact) mass is 454 g/mol. The minimum atomic E-state index is -0.197. The molecule has 1 amide bonds. The average Bonchev–Trinajstić information content (AvgIpc) is 3.29. The molecule has 2 aliphatic heterocycles. The zero-order chi connectivity index (χ0) is 23.1. The van der Waals surface area contributed by atoms with E-state index in [4.69, 9.17) is 0 Å². The first-order chi connectivity index (χ1) is 16.6. The van der Waals surface area contributed by atoms with Crippen LogP contribution in [0.3, 0.4) is 0 Å². The molecule has 4 aromatic rings. The minimum Gasteiger partial charge on any atom is -0.357 e. The summed E-state index contributed by atoms with van der Waals surface area (Å²) in [6.07, 6.45) is 7.67. The van der Waals surface area contributed by atoms with Crippen molar-refractivity contribution in [2.75, 3.05) is 36.4 Å². The Morgan fingerprint density at radius 3 is 2.65 bits per heavy atom. The summed E-state index contributed by atoms with van der Waals surface area (Å²) in [5.41, 5.74) is 2.81. The number of piperidine rings is 1. The van der Waals surface area contributed by atoms with E-state index >= 15 is 0 Å². The number of benzene rings is 1. The number of hydrogen-bond acceptors (Lipinski definition) is 7. The fourth-order valence-corrected chi connectivity index (χ4v) is 4.81. The minimum absolute atomic E-state index is 0.197. The lowest BCUT2D eigenvalue weighted by Gasteiger charge is -2.48. The van der Waals surface area contributed by atoms with E-state index in [9.17, 15) is 4.79 Å². The van der Waals surface area contributed by atoms with Crippen LogP contribution in [0.15, 0.2) is 55.0 Å². The van der Waals surface area contributed by atoms with Crippen LogP contribution in [-0.2, 0) is 7.05 Å². The summed E-state index contributed by atoms with van der Waals surface area (Å²) in [5.74, 6) is 1.16. The van der Waals surface area contributed by atoms with Gasteiger partial charge in [-0.15, -0.1) is 5.10 Å². The second-order valence-corrected chi connectivity index (χ2v) is 9.36. The van der Waals surface area contributed by atoms with E-state index in [1.165, 1.54) is 0 Å². The smallest absolute Gasteiger partial charge is 0.257 e. The fraction of sp³-hybridized carbons (Fsp3) is 0.320. The highest BCUT2D eigenvalue weighted by Gasteiger charge is 2.39. The van der Waals surface area contributed by atoms with Crippen LogP contribution < -0.4 is 15.5 Å². The maximum Gasteiger partial charge on any atom is 0.257 e. The van der Waals surface area contributed by atoms with Crippen molar-refractivity contribution in [1.82, 2.24) is 30.3 Å². The molecule has 0 atom stereocenters. The molecule has 6 rings (SSSR count). The van der Waals surface area contributed by atoms with Crippen molar-refractivity contribution in [3.8, 4) is 11.3 Å². The number of aromatic nitrogens is 5. The molecule has 9 nitrogen and oxygen atoms in total. The molecule has 5 heterocycles. The molecule has 172 valence electrons. The van der Waals surface area contributed by atoms with Gasteiger partial charge in [-0.3, -0.25) is 9.48 Å². The van der Waals surface area contributed by atoms with Crippen LogP contribution in [0.1, 0.15) is 23.2 Å². The van der Waals surface area contributed by atoms with E-state index in [1.807, 2.05) is 43.6 Å². The van der Waals surface area contributed by atoms with Gasteiger partial charge in [0.05, 0.1) is 6.20 Å². The molecule has 0 radical (unpaired) electrons. The van der Waals surface area contributed by atoms with Crippen LogP contribution in [0.4, 0.5) is 11.6 Å². The number of fused-ring (bicyclic) bond motifs is 1. The molecule has 2 fully saturated rings. The van der Waals surface area contributed by atoms with Crippen molar-refractivity contribution in [2.45, 2.75) is 12.8 Å². The second kappa shape index (κ2) is 8.18. The number of nitrogens with one attached hydrogen (secondary N) is 2. The van der Waals surface area contributed by atoms with E-state index in [0.717, 1.165) is 66.9 Å². The van der Waals surface area contributed by atoms with E-state index in [-0.39, 0.29) is 5.91 Å². The van der Waals surface area contributed by atoms with Gasteiger partial charge in [0.2, 0.25) is 0 Å². The Labute approximate surface area is 197 Å². The number of nitrogens with zero attached hydrogens (tertiary/aromatic N) is 6. The first-order valence-corrected chi connectivity index (χ1v) is 11.6. The summed E-state index contributed by atoms with van der Waals surface area (Å²) in [6, 6.07) is 11.5. The summed E-state index contributed by atoms with van der Waals surface area (Å²) < 4.78 is 1.67. The van der Waals surface area contributed by atoms with Crippen molar-refractivity contribution >= 4 is 28.3 Å². The van der Waals surface area contributed by atoms with Crippen molar-refractivity contribution in [2.24, 2.45) is 12.5 Å². The zero-order valence-electron chi connectivity index (χ0n) is 19.0. The van der Waals surface area contributed by atoms with E-state index in [0.29, 0.717) is 16.8 Å². The van der Waals surface area contributed by atoms with E-state index < -0.39 is 0 Å². The molecule has 1 aromatic carbocycles. The van der Waals surface area contributed by atoms with Gasteiger partial charge >= 0.3 is 0 Å². The number of pyridine rings is 2. The van der Waals surface area contributed by atoms with Gasteiger partial charge in [-0.05, 0) is 47.9 Å². The molecular weight excluding hydrogens is 428 g/mol. The molecule has 2 aliphatic rings. The quantitative estimate of drug-likeness (QED) is 0.489.